The SMILES string of the molecule is Cc1nc(Nc2ccc(NC(=O)c3cccc(N(C)C)c3)cc2)cc(-n2ccnc2)n1. The largest absolute Gasteiger partial charge is 0.378 e. The second kappa shape index (κ2) is 8.66. The van der Waals surface area contributed by atoms with Crippen molar-refractivity contribution in [2.24, 2.45) is 0 Å². The van der Waals surface area contributed by atoms with Gasteiger partial charge in [-0.2, -0.15) is 0 Å². The zero-order valence-corrected chi connectivity index (χ0v) is 17.6. The van der Waals surface area contributed by atoms with Gasteiger partial charge in [-0.25, -0.2) is 15.0 Å². The van der Waals surface area contributed by atoms with E-state index in [1.54, 1.807) is 18.6 Å². The van der Waals surface area contributed by atoms with E-state index in [0.717, 1.165) is 17.2 Å². The van der Waals surface area contributed by atoms with Crippen molar-refractivity contribution in [3.63, 3.8) is 0 Å². The molecule has 4 rings (SSSR count). The first kappa shape index (κ1) is 20.1. The van der Waals surface area contributed by atoms with Crippen molar-refractivity contribution in [3.8, 4) is 5.82 Å². The molecule has 8 nitrogen and oxygen atoms in total. The molecule has 156 valence electrons. The molecule has 0 bridgehead atoms. The molecule has 0 fully saturated rings. The van der Waals surface area contributed by atoms with Crippen molar-refractivity contribution in [2.45, 2.75) is 6.92 Å². The van der Waals surface area contributed by atoms with Crippen LogP contribution in [0.25, 0.3) is 5.82 Å². The van der Waals surface area contributed by atoms with E-state index in [1.165, 1.54) is 0 Å². The van der Waals surface area contributed by atoms with Crippen LogP contribution in [0.3, 0.4) is 0 Å². The van der Waals surface area contributed by atoms with Gasteiger partial charge >= 0.3 is 0 Å². The highest BCUT2D eigenvalue weighted by Crippen LogP contribution is 2.20. The van der Waals surface area contributed by atoms with Crippen molar-refractivity contribution in [2.75, 3.05) is 29.6 Å². The first-order valence-electron chi connectivity index (χ1n) is 9.78. The maximum absolute atomic E-state index is 12.6. The maximum atomic E-state index is 12.6. The zero-order chi connectivity index (χ0) is 21.8. The average Bonchev–Trinajstić information content (AvgIpc) is 3.30. The number of hydrogen-bond acceptors (Lipinski definition) is 6. The van der Waals surface area contributed by atoms with Crippen LogP contribution in [0.2, 0.25) is 0 Å². The number of anilines is 4. The second-order valence-corrected chi connectivity index (χ2v) is 7.23. The quantitative estimate of drug-likeness (QED) is 0.496. The molecule has 0 saturated carbocycles. The van der Waals surface area contributed by atoms with E-state index < -0.39 is 0 Å². The molecule has 2 N–H and O–H groups in total. The van der Waals surface area contributed by atoms with E-state index >= 15 is 0 Å². The normalized spacial score (nSPS) is 10.5. The van der Waals surface area contributed by atoms with Crippen molar-refractivity contribution < 1.29 is 4.79 Å². The number of rotatable bonds is 6. The summed E-state index contributed by atoms with van der Waals surface area (Å²) in [7, 11) is 3.89. The van der Waals surface area contributed by atoms with Gasteiger partial charge in [0.05, 0.1) is 0 Å². The van der Waals surface area contributed by atoms with Gasteiger partial charge in [-0.15, -0.1) is 0 Å². The van der Waals surface area contributed by atoms with Crippen LogP contribution in [0, 0.1) is 6.92 Å². The highest BCUT2D eigenvalue weighted by molar-refractivity contribution is 6.04. The molecule has 8 heteroatoms. The fourth-order valence-corrected chi connectivity index (χ4v) is 3.06. The van der Waals surface area contributed by atoms with E-state index in [9.17, 15) is 4.79 Å². The minimum absolute atomic E-state index is 0.152. The standard InChI is InChI=1S/C23H23N7O/c1-16-25-21(14-22(26-16)30-12-11-24-15-30)27-18-7-9-19(10-8-18)28-23(31)17-5-4-6-20(13-17)29(2)3/h4-15H,1-3H3,(H,28,31)(H,25,26,27). The van der Waals surface area contributed by atoms with E-state index in [-0.39, 0.29) is 5.91 Å². The first-order valence-corrected chi connectivity index (χ1v) is 9.78. The Kier molecular flexibility index (Phi) is 5.61. The van der Waals surface area contributed by atoms with Crippen LogP contribution in [-0.2, 0) is 0 Å². The van der Waals surface area contributed by atoms with Crippen molar-refractivity contribution in [3.05, 3.63) is 84.7 Å². The van der Waals surface area contributed by atoms with Crippen LogP contribution >= 0.6 is 0 Å². The van der Waals surface area contributed by atoms with Gasteiger partial charge in [0, 0.05) is 55.2 Å². The van der Waals surface area contributed by atoms with Gasteiger partial charge in [0.15, 0.2) is 0 Å². The molecule has 0 aliphatic carbocycles. The van der Waals surface area contributed by atoms with E-state index in [4.69, 9.17) is 0 Å². The molecule has 2 aromatic carbocycles. The lowest BCUT2D eigenvalue weighted by molar-refractivity contribution is 0.102. The molecular formula is C23H23N7O. The predicted molar refractivity (Wildman–Crippen MR) is 122 cm³/mol. The van der Waals surface area contributed by atoms with Crippen molar-refractivity contribution in [1.29, 1.82) is 0 Å². The molecule has 1 amide bonds. The molecule has 2 aromatic heterocycles. The number of carbonyl (C=O) groups is 1. The highest BCUT2D eigenvalue weighted by atomic mass is 16.1. The Hall–Kier alpha value is -4.20. The van der Waals surface area contributed by atoms with Gasteiger partial charge in [-0.3, -0.25) is 9.36 Å². The number of nitrogens with zero attached hydrogens (tertiary/aromatic N) is 5. The Morgan fingerprint density at radius 2 is 1.77 bits per heavy atom. The molecule has 31 heavy (non-hydrogen) atoms. The smallest absolute Gasteiger partial charge is 0.255 e. The summed E-state index contributed by atoms with van der Waals surface area (Å²) in [5.74, 6) is 1.91. The van der Waals surface area contributed by atoms with Crippen LogP contribution < -0.4 is 15.5 Å². The minimum Gasteiger partial charge on any atom is -0.378 e. The summed E-state index contributed by atoms with van der Waals surface area (Å²) >= 11 is 0. The van der Waals surface area contributed by atoms with E-state index in [1.807, 2.05) is 85.2 Å². The molecule has 0 radical (unpaired) electrons. The fraction of sp³-hybridized carbons (Fsp3) is 0.130. The summed E-state index contributed by atoms with van der Waals surface area (Å²) in [6.07, 6.45) is 5.23. The minimum atomic E-state index is -0.152. The van der Waals surface area contributed by atoms with Crippen molar-refractivity contribution in [1.82, 2.24) is 19.5 Å². The summed E-state index contributed by atoms with van der Waals surface area (Å²) in [6, 6.07) is 16.8. The molecule has 2 heterocycles. The van der Waals surface area contributed by atoms with E-state index in [0.29, 0.717) is 22.9 Å². The summed E-state index contributed by atoms with van der Waals surface area (Å²) in [4.78, 5) is 27.5. The number of aryl methyl sites for hydroxylation is 1. The Morgan fingerprint density at radius 3 is 2.48 bits per heavy atom. The molecule has 0 aliphatic rings. The summed E-state index contributed by atoms with van der Waals surface area (Å²) in [6.45, 7) is 1.84. The number of nitrogens with one attached hydrogen (secondary N) is 2. The maximum Gasteiger partial charge on any atom is 0.255 e. The Morgan fingerprint density at radius 1 is 1.00 bits per heavy atom. The second-order valence-electron chi connectivity index (χ2n) is 7.23. The van der Waals surface area contributed by atoms with Crippen LogP contribution in [0.1, 0.15) is 16.2 Å². The van der Waals surface area contributed by atoms with Crippen LogP contribution in [0.15, 0.2) is 73.3 Å². The zero-order valence-electron chi connectivity index (χ0n) is 17.6. The van der Waals surface area contributed by atoms with Gasteiger partial charge in [-0.05, 0) is 49.4 Å². The first-order chi connectivity index (χ1) is 15.0. The lowest BCUT2D eigenvalue weighted by atomic mass is 10.1. The van der Waals surface area contributed by atoms with Gasteiger partial charge in [-0.1, -0.05) is 6.07 Å². The lowest BCUT2D eigenvalue weighted by Gasteiger charge is -2.13. The molecule has 0 atom stereocenters. The lowest BCUT2D eigenvalue weighted by Crippen LogP contribution is -2.14. The third-order valence-corrected chi connectivity index (χ3v) is 4.63. The number of carbonyl (C=O) groups excluding carboxylic acids is 1. The summed E-state index contributed by atoms with van der Waals surface area (Å²) < 4.78 is 1.82. The average molecular weight is 413 g/mol. The van der Waals surface area contributed by atoms with E-state index in [2.05, 4.69) is 25.6 Å². The van der Waals surface area contributed by atoms with Gasteiger partial charge < -0.3 is 15.5 Å². The number of hydrogen-bond donors (Lipinski definition) is 2. The van der Waals surface area contributed by atoms with Gasteiger partial charge in [0.25, 0.3) is 5.91 Å². The molecule has 0 unspecified atom stereocenters. The molecular weight excluding hydrogens is 390 g/mol. The number of benzene rings is 2. The fourth-order valence-electron chi connectivity index (χ4n) is 3.06. The molecule has 0 spiro atoms. The Balaban J connectivity index is 1.45. The summed E-state index contributed by atoms with van der Waals surface area (Å²) in [5.41, 5.74) is 3.14. The number of aromatic nitrogens is 4. The molecule has 4 aromatic rings. The number of amides is 1. The highest BCUT2D eigenvalue weighted by Gasteiger charge is 2.08. The van der Waals surface area contributed by atoms with Gasteiger partial charge in [0.2, 0.25) is 0 Å². The third kappa shape index (κ3) is 4.87. The Labute approximate surface area is 180 Å². The number of imidazole rings is 1. The molecule has 0 saturated heterocycles. The predicted octanol–water partition coefficient (Wildman–Crippen LogP) is 4.03. The van der Waals surface area contributed by atoms with Gasteiger partial charge in [0.1, 0.15) is 23.8 Å². The topological polar surface area (TPSA) is 88.0 Å². The Bertz CT molecular complexity index is 1190. The summed E-state index contributed by atoms with van der Waals surface area (Å²) in [5, 5.41) is 6.21. The van der Waals surface area contributed by atoms with Crippen LogP contribution in [0.5, 0.6) is 0 Å². The van der Waals surface area contributed by atoms with Crippen molar-refractivity contribution >= 4 is 28.8 Å². The molecule has 0 aliphatic heterocycles. The van der Waals surface area contributed by atoms with Crippen LogP contribution in [-0.4, -0.2) is 39.5 Å². The van der Waals surface area contributed by atoms with Crippen LogP contribution in [0.4, 0.5) is 22.9 Å². The monoisotopic (exact) mass is 413 g/mol. The third-order valence-electron chi connectivity index (χ3n) is 4.63.